The van der Waals surface area contributed by atoms with Crippen molar-refractivity contribution in [1.29, 1.82) is 0 Å². The number of aliphatic hydroxyl groups excluding tert-OH is 1. The summed E-state index contributed by atoms with van der Waals surface area (Å²) >= 11 is 0. The number of rotatable bonds is 1. The lowest BCUT2D eigenvalue weighted by molar-refractivity contribution is -0.187. The van der Waals surface area contributed by atoms with E-state index in [0.29, 0.717) is 24.4 Å². The van der Waals surface area contributed by atoms with Gasteiger partial charge in [-0.25, -0.2) is 0 Å². The van der Waals surface area contributed by atoms with Crippen LogP contribution in [0.25, 0.3) is 0 Å². The highest BCUT2D eigenvalue weighted by Crippen LogP contribution is 2.69. The molecule has 0 spiro atoms. The lowest BCUT2D eigenvalue weighted by atomic mass is 9.41. The molecule has 2 N–H and O–H groups in total. The van der Waals surface area contributed by atoms with Gasteiger partial charge in [0.25, 0.3) is 0 Å². The molecule has 0 aliphatic heterocycles. The van der Waals surface area contributed by atoms with E-state index in [4.69, 9.17) is 0 Å². The minimum absolute atomic E-state index is 0.0949. The van der Waals surface area contributed by atoms with Crippen molar-refractivity contribution in [3.05, 3.63) is 0 Å². The van der Waals surface area contributed by atoms with E-state index >= 15 is 0 Å². The van der Waals surface area contributed by atoms with Crippen molar-refractivity contribution in [2.75, 3.05) is 6.61 Å². The predicted molar refractivity (Wildman–Crippen MR) is 97.5 cm³/mol. The quantitative estimate of drug-likeness (QED) is 0.733. The molecule has 0 heterocycles. The minimum Gasteiger partial charge on any atom is -0.396 e. The van der Waals surface area contributed by atoms with Crippen LogP contribution in [-0.4, -0.2) is 22.4 Å². The van der Waals surface area contributed by atoms with Gasteiger partial charge in [-0.2, -0.15) is 0 Å². The molecule has 0 bridgehead atoms. The number of hydrogen-bond acceptors (Lipinski definition) is 2. The molecular formula is C22H38O2. The van der Waals surface area contributed by atoms with Crippen molar-refractivity contribution in [3.8, 4) is 0 Å². The van der Waals surface area contributed by atoms with Gasteiger partial charge in [-0.15, -0.1) is 0 Å². The summed E-state index contributed by atoms with van der Waals surface area (Å²) in [4.78, 5) is 0. The van der Waals surface area contributed by atoms with E-state index in [-0.39, 0.29) is 10.8 Å². The lowest BCUT2D eigenvalue weighted by Crippen LogP contribution is -2.60. The fraction of sp³-hybridized carbons (Fsp3) is 1.00. The third-order valence-corrected chi connectivity index (χ3v) is 9.87. The fourth-order valence-electron chi connectivity index (χ4n) is 8.68. The molecular weight excluding hydrogens is 296 g/mol. The third kappa shape index (κ3) is 2.02. The van der Waals surface area contributed by atoms with Gasteiger partial charge in [0.15, 0.2) is 0 Å². The summed E-state index contributed by atoms with van der Waals surface area (Å²) in [5, 5.41) is 21.7. The van der Waals surface area contributed by atoms with Crippen molar-refractivity contribution in [3.63, 3.8) is 0 Å². The molecule has 0 aromatic rings. The molecule has 0 radical (unpaired) electrons. The molecule has 24 heavy (non-hydrogen) atoms. The van der Waals surface area contributed by atoms with Gasteiger partial charge >= 0.3 is 0 Å². The highest BCUT2D eigenvalue weighted by molar-refractivity contribution is 5.14. The molecule has 2 nitrogen and oxygen atoms in total. The topological polar surface area (TPSA) is 40.5 Å². The van der Waals surface area contributed by atoms with Crippen LogP contribution in [0.4, 0.5) is 0 Å². The Morgan fingerprint density at radius 2 is 1.62 bits per heavy atom. The van der Waals surface area contributed by atoms with E-state index in [1.165, 1.54) is 38.5 Å². The maximum absolute atomic E-state index is 11.1. The summed E-state index contributed by atoms with van der Waals surface area (Å²) < 4.78 is 0. The number of aliphatic hydroxyl groups is 2. The van der Waals surface area contributed by atoms with Crippen molar-refractivity contribution in [2.45, 2.75) is 84.7 Å². The zero-order valence-electron chi connectivity index (χ0n) is 16.2. The Morgan fingerprint density at radius 1 is 0.917 bits per heavy atom. The summed E-state index contributed by atoms with van der Waals surface area (Å²) in [6.45, 7) is 9.76. The van der Waals surface area contributed by atoms with Crippen LogP contribution in [0.1, 0.15) is 79.1 Å². The second-order valence-electron chi connectivity index (χ2n) is 10.6. The molecule has 4 saturated carbocycles. The highest BCUT2D eigenvalue weighted by Gasteiger charge is 2.65. The van der Waals surface area contributed by atoms with Gasteiger partial charge in [0.05, 0.1) is 5.60 Å². The average molecular weight is 335 g/mol. The van der Waals surface area contributed by atoms with E-state index < -0.39 is 5.60 Å². The monoisotopic (exact) mass is 334 g/mol. The molecule has 4 aliphatic carbocycles. The highest BCUT2D eigenvalue weighted by atomic mass is 16.3. The molecule has 0 saturated heterocycles. The lowest BCUT2D eigenvalue weighted by Gasteiger charge is -2.64. The van der Waals surface area contributed by atoms with E-state index in [0.717, 1.165) is 30.6 Å². The predicted octanol–water partition coefficient (Wildman–Crippen LogP) is 4.63. The molecule has 0 aromatic carbocycles. The van der Waals surface area contributed by atoms with E-state index in [1.54, 1.807) is 0 Å². The summed E-state index contributed by atoms with van der Waals surface area (Å²) in [7, 11) is 0. The van der Waals surface area contributed by atoms with Gasteiger partial charge in [0, 0.05) is 6.61 Å². The number of hydrogen-bond donors (Lipinski definition) is 2. The van der Waals surface area contributed by atoms with Crippen molar-refractivity contribution >= 4 is 0 Å². The van der Waals surface area contributed by atoms with Crippen LogP contribution in [0, 0.1) is 46.3 Å². The van der Waals surface area contributed by atoms with Crippen molar-refractivity contribution in [1.82, 2.24) is 0 Å². The summed E-state index contributed by atoms with van der Waals surface area (Å²) in [6, 6.07) is 0. The Labute approximate surface area is 148 Å². The maximum Gasteiger partial charge on any atom is 0.0675 e. The Morgan fingerprint density at radius 3 is 2.33 bits per heavy atom. The molecule has 9 atom stereocenters. The van der Waals surface area contributed by atoms with Crippen LogP contribution in [0.3, 0.4) is 0 Å². The Balaban J connectivity index is 1.73. The van der Waals surface area contributed by atoms with E-state index in [9.17, 15) is 10.2 Å². The third-order valence-electron chi connectivity index (χ3n) is 9.87. The van der Waals surface area contributed by atoms with Gasteiger partial charge in [0.1, 0.15) is 0 Å². The SMILES string of the molecule is C[C@@H]1CCC[C@@]2(CO)[C@H]1[C@@H](C)C[C@@H]1[C@@H]2CC[C@@]2(C)[C@H]1CC[C@]2(C)O. The van der Waals surface area contributed by atoms with Gasteiger partial charge in [-0.3, -0.25) is 0 Å². The van der Waals surface area contributed by atoms with Gasteiger partial charge in [0.2, 0.25) is 0 Å². The molecule has 4 aliphatic rings. The van der Waals surface area contributed by atoms with Gasteiger partial charge in [-0.05, 0) is 91.8 Å². The molecule has 2 heteroatoms. The first-order valence-electron chi connectivity index (χ1n) is 10.6. The smallest absolute Gasteiger partial charge is 0.0675 e. The first-order valence-corrected chi connectivity index (χ1v) is 10.6. The van der Waals surface area contributed by atoms with Crippen molar-refractivity contribution < 1.29 is 10.2 Å². The fourth-order valence-corrected chi connectivity index (χ4v) is 8.68. The Hall–Kier alpha value is -0.0800. The standard InChI is InChI=1S/C22H38O2/c1-14-6-5-9-22(13-23)18-7-10-20(3)17(8-11-21(20,4)24)16(18)12-15(2)19(14)22/h14-19,23-24H,5-13H2,1-4H3/t14-,15+,16+,17+,18+,19-,20+,21+,22+/m1/s1. The maximum atomic E-state index is 11.1. The normalized spacial score (nSPS) is 60.2. The van der Waals surface area contributed by atoms with Crippen LogP contribution >= 0.6 is 0 Å². The Kier molecular flexibility index (Phi) is 3.94. The first kappa shape index (κ1) is 17.3. The summed E-state index contributed by atoms with van der Waals surface area (Å²) in [5.74, 6) is 4.28. The molecule has 0 aromatic heterocycles. The molecule has 138 valence electrons. The Bertz CT molecular complexity index is 500. The second-order valence-corrected chi connectivity index (χ2v) is 10.6. The summed E-state index contributed by atoms with van der Waals surface area (Å²) in [6.07, 6.45) is 9.77. The van der Waals surface area contributed by atoms with Gasteiger partial charge < -0.3 is 10.2 Å². The molecule has 0 amide bonds. The molecule has 4 rings (SSSR count). The van der Waals surface area contributed by atoms with Crippen LogP contribution in [0.5, 0.6) is 0 Å². The zero-order valence-corrected chi connectivity index (χ0v) is 16.2. The van der Waals surface area contributed by atoms with Crippen molar-refractivity contribution in [2.24, 2.45) is 46.3 Å². The van der Waals surface area contributed by atoms with E-state index in [2.05, 4.69) is 27.7 Å². The van der Waals surface area contributed by atoms with Crippen LogP contribution in [0.2, 0.25) is 0 Å². The first-order chi connectivity index (χ1) is 11.3. The average Bonchev–Trinajstić information content (AvgIpc) is 2.77. The van der Waals surface area contributed by atoms with Crippen LogP contribution in [0.15, 0.2) is 0 Å². The minimum atomic E-state index is -0.491. The summed E-state index contributed by atoms with van der Waals surface area (Å²) in [5.41, 5.74) is -0.220. The molecule has 4 fully saturated rings. The van der Waals surface area contributed by atoms with Gasteiger partial charge in [-0.1, -0.05) is 33.6 Å². The van der Waals surface area contributed by atoms with Crippen LogP contribution in [-0.2, 0) is 0 Å². The zero-order chi connectivity index (χ0) is 17.3. The molecule has 0 unspecified atom stereocenters. The van der Waals surface area contributed by atoms with E-state index in [1.807, 2.05) is 0 Å². The largest absolute Gasteiger partial charge is 0.396 e. The second kappa shape index (κ2) is 5.46. The van der Waals surface area contributed by atoms with Crippen LogP contribution < -0.4 is 0 Å². The number of fused-ring (bicyclic) bond motifs is 5.